The van der Waals surface area contributed by atoms with Gasteiger partial charge in [0.2, 0.25) is 17.8 Å². The number of hydrogen-bond acceptors (Lipinski definition) is 10. The van der Waals surface area contributed by atoms with Crippen molar-refractivity contribution in [3.05, 3.63) is 113 Å². The van der Waals surface area contributed by atoms with E-state index in [-0.39, 0.29) is 35.3 Å². The molecule has 51 heavy (non-hydrogen) atoms. The first-order valence-corrected chi connectivity index (χ1v) is 16.7. The second kappa shape index (κ2) is 13.8. The van der Waals surface area contributed by atoms with Gasteiger partial charge in [-0.05, 0) is 66.1 Å². The Morgan fingerprint density at radius 1 is 0.922 bits per heavy atom. The number of imide groups is 2. The summed E-state index contributed by atoms with van der Waals surface area (Å²) in [6.45, 7) is 7.36. The number of hydrogen-bond donors (Lipinski definition) is 2. The number of fused-ring (bicyclic) bond motifs is 1. The standard InChI is InChI=1S/C38H36N6O7/c1-38(2,25-7-10-28(11-8-25)51-22-27-15-16-39-37(41-27)43-17-19-50-20-18-43)24-5-3-23(4-6-24)33(46)40-26-9-12-29-30(21-26)36(49)44(35(29)48)31-13-14-32(45)42-34(31)47/h3-12,15-16,21,31H,13-14,17-20,22H2,1-2H3,(H,40,46)(H,42,45,47). The Labute approximate surface area is 294 Å². The maximum absolute atomic E-state index is 13.2. The minimum atomic E-state index is -1.06. The summed E-state index contributed by atoms with van der Waals surface area (Å²) in [5.41, 5.74) is 3.43. The lowest BCUT2D eigenvalue weighted by atomic mass is 9.78. The van der Waals surface area contributed by atoms with E-state index in [1.54, 1.807) is 18.3 Å². The van der Waals surface area contributed by atoms with E-state index in [0.29, 0.717) is 37.0 Å². The van der Waals surface area contributed by atoms with Gasteiger partial charge < -0.3 is 19.7 Å². The van der Waals surface area contributed by atoms with Gasteiger partial charge in [-0.1, -0.05) is 38.1 Å². The Hall–Kier alpha value is -5.95. The number of ether oxygens (including phenoxy) is 2. The molecule has 0 aliphatic carbocycles. The first-order chi connectivity index (χ1) is 24.6. The van der Waals surface area contributed by atoms with Gasteiger partial charge >= 0.3 is 0 Å². The molecule has 13 heteroatoms. The predicted molar refractivity (Wildman–Crippen MR) is 185 cm³/mol. The van der Waals surface area contributed by atoms with Crippen molar-refractivity contribution in [3.63, 3.8) is 0 Å². The highest BCUT2D eigenvalue weighted by molar-refractivity contribution is 6.24. The van der Waals surface area contributed by atoms with Gasteiger partial charge in [-0.25, -0.2) is 9.97 Å². The van der Waals surface area contributed by atoms with Crippen LogP contribution in [0.15, 0.2) is 79.0 Å². The lowest BCUT2D eigenvalue weighted by molar-refractivity contribution is -0.136. The largest absolute Gasteiger partial charge is 0.487 e. The molecular weight excluding hydrogens is 652 g/mol. The number of carbonyl (C=O) groups is 5. The van der Waals surface area contributed by atoms with Gasteiger partial charge in [-0.3, -0.25) is 34.2 Å². The molecule has 3 aromatic carbocycles. The number of aromatic nitrogens is 2. The van der Waals surface area contributed by atoms with Crippen LogP contribution in [0.2, 0.25) is 0 Å². The Balaban J connectivity index is 0.969. The molecule has 0 radical (unpaired) electrons. The van der Waals surface area contributed by atoms with Crippen molar-refractivity contribution < 1.29 is 33.4 Å². The van der Waals surface area contributed by atoms with Crippen LogP contribution >= 0.6 is 0 Å². The summed E-state index contributed by atoms with van der Waals surface area (Å²) in [6.07, 6.45) is 1.84. The van der Waals surface area contributed by atoms with Crippen molar-refractivity contribution >= 4 is 41.2 Å². The third kappa shape index (κ3) is 6.80. The van der Waals surface area contributed by atoms with Crippen LogP contribution in [0.4, 0.5) is 11.6 Å². The zero-order valence-electron chi connectivity index (χ0n) is 28.2. The van der Waals surface area contributed by atoms with Gasteiger partial charge in [0.25, 0.3) is 17.7 Å². The number of piperidine rings is 1. The summed E-state index contributed by atoms with van der Waals surface area (Å²) in [7, 11) is 0. The van der Waals surface area contributed by atoms with E-state index in [0.717, 1.165) is 40.6 Å². The first-order valence-electron chi connectivity index (χ1n) is 16.7. The minimum Gasteiger partial charge on any atom is -0.487 e. The highest BCUT2D eigenvalue weighted by Gasteiger charge is 2.44. The molecule has 260 valence electrons. The number of benzene rings is 3. The van der Waals surface area contributed by atoms with Crippen LogP contribution in [0, 0.1) is 0 Å². The van der Waals surface area contributed by atoms with Crippen molar-refractivity contribution in [3.8, 4) is 5.75 Å². The Kier molecular flexibility index (Phi) is 9.04. The summed E-state index contributed by atoms with van der Waals surface area (Å²) in [6, 6.07) is 20.4. The topological polar surface area (TPSA) is 160 Å². The molecule has 5 amide bonds. The van der Waals surface area contributed by atoms with Gasteiger partial charge in [0.15, 0.2) is 0 Å². The van der Waals surface area contributed by atoms with Crippen LogP contribution in [0.3, 0.4) is 0 Å². The normalized spacial score (nSPS) is 17.6. The molecule has 2 fully saturated rings. The summed E-state index contributed by atoms with van der Waals surface area (Å²) < 4.78 is 11.5. The number of nitrogens with zero attached hydrogens (tertiary/aromatic N) is 4. The van der Waals surface area contributed by atoms with Crippen molar-refractivity contribution in [2.75, 3.05) is 36.5 Å². The number of anilines is 2. The SMILES string of the molecule is CC(C)(c1ccc(OCc2ccnc(N3CCOCC3)n2)cc1)c1ccc(C(=O)Nc2ccc3c(c2)C(=O)N(C2CCC(=O)NC2=O)C3=O)cc1. The highest BCUT2D eigenvalue weighted by atomic mass is 16.5. The summed E-state index contributed by atoms with van der Waals surface area (Å²) in [4.78, 5) is 75.3. The maximum atomic E-state index is 13.2. The van der Waals surface area contributed by atoms with Crippen molar-refractivity contribution in [2.45, 2.75) is 44.8 Å². The van der Waals surface area contributed by atoms with Crippen LogP contribution in [-0.4, -0.2) is 76.7 Å². The number of morpholine rings is 1. The smallest absolute Gasteiger partial charge is 0.262 e. The molecule has 0 bridgehead atoms. The molecule has 3 aliphatic rings. The van der Waals surface area contributed by atoms with E-state index in [4.69, 9.17) is 9.47 Å². The fraction of sp³-hybridized carbons (Fsp3) is 0.289. The molecule has 1 unspecified atom stereocenters. The van der Waals surface area contributed by atoms with Crippen LogP contribution in [0.25, 0.3) is 0 Å². The molecule has 7 rings (SSSR count). The minimum absolute atomic E-state index is 0.0329. The van der Waals surface area contributed by atoms with Gasteiger partial charge in [0.1, 0.15) is 18.4 Å². The zero-order chi connectivity index (χ0) is 35.7. The fourth-order valence-corrected chi connectivity index (χ4v) is 6.46. The molecule has 4 aromatic rings. The maximum Gasteiger partial charge on any atom is 0.262 e. The molecule has 1 aromatic heterocycles. The molecule has 0 spiro atoms. The predicted octanol–water partition coefficient (Wildman–Crippen LogP) is 3.87. The molecule has 1 atom stereocenters. The molecule has 4 heterocycles. The highest BCUT2D eigenvalue weighted by Crippen LogP contribution is 2.33. The average Bonchev–Trinajstić information content (AvgIpc) is 3.39. The molecule has 13 nitrogen and oxygen atoms in total. The number of rotatable bonds is 9. The first kappa shape index (κ1) is 33.5. The molecule has 2 N–H and O–H groups in total. The Morgan fingerprint density at radius 2 is 1.61 bits per heavy atom. The molecular formula is C38H36N6O7. The van der Waals surface area contributed by atoms with Gasteiger partial charge in [-0.2, -0.15) is 0 Å². The van der Waals surface area contributed by atoms with E-state index in [1.165, 1.54) is 18.2 Å². The molecule has 2 saturated heterocycles. The molecule has 3 aliphatic heterocycles. The van der Waals surface area contributed by atoms with E-state index in [1.807, 2.05) is 42.5 Å². The summed E-state index contributed by atoms with van der Waals surface area (Å²) in [5, 5.41) is 4.98. The number of carbonyl (C=O) groups excluding carboxylic acids is 5. The second-order valence-corrected chi connectivity index (χ2v) is 13.1. The lowest BCUT2D eigenvalue weighted by Gasteiger charge is -2.27. The average molecular weight is 689 g/mol. The summed E-state index contributed by atoms with van der Waals surface area (Å²) >= 11 is 0. The zero-order valence-corrected chi connectivity index (χ0v) is 28.2. The van der Waals surface area contributed by atoms with E-state index < -0.39 is 29.7 Å². The Bertz CT molecular complexity index is 2020. The quantitative estimate of drug-likeness (QED) is 0.247. The summed E-state index contributed by atoms with van der Waals surface area (Å²) in [5.74, 6) is -1.37. The van der Waals surface area contributed by atoms with Crippen LogP contribution in [0.5, 0.6) is 5.75 Å². The molecule has 0 saturated carbocycles. The van der Waals surface area contributed by atoms with Gasteiger partial charge in [-0.15, -0.1) is 0 Å². The van der Waals surface area contributed by atoms with Crippen molar-refractivity contribution in [1.29, 1.82) is 0 Å². The number of nitrogens with one attached hydrogen (secondary N) is 2. The van der Waals surface area contributed by atoms with Crippen LogP contribution in [0.1, 0.15) is 74.6 Å². The van der Waals surface area contributed by atoms with Gasteiger partial charge in [0.05, 0.1) is 30.0 Å². The Morgan fingerprint density at radius 3 is 2.31 bits per heavy atom. The lowest BCUT2D eigenvalue weighted by Crippen LogP contribution is -2.54. The van der Waals surface area contributed by atoms with Crippen LogP contribution < -0.4 is 20.3 Å². The van der Waals surface area contributed by atoms with Crippen molar-refractivity contribution in [2.24, 2.45) is 0 Å². The monoisotopic (exact) mass is 688 g/mol. The van der Waals surface area contributed by atoms with Crippen LogP contribution in [-0.2, 0) is 26.3 Å². The fourth-order valence-electron chi connectivity index (χ4n) is 6.46. The van der Waals surface area contributed by atoms with E-state index in [2.05, 4.69) is 39.3 Å². The van der Waals surface area contributed by atoms with Gasteiger partial charge in [0, 0.05) is 42.4 Å². The third-order valence-corrected chi connectivity index (χ3v) is 9.52. The third-order valence-electron chi connectivity index (χ3n) is 9.52. The van der Waals surface area contributed by atoms with Crippen molar-refractivity contribution in [1.82, 2.24) is 20.2 Å². The van der Waals surface area contributed by atoms with E-state index >= 15 is 0 Å². The van der Waals surface area contributed by atoms with E-state index in [9.17, 15) is 24.0 Å². The number of amides is 5. The second-order valence-electron chi connectivity index (χ2n) is 13.1.